The van der Waals surface area contributed by atoms with E-state index in [-0.39, 0.29) is 11.8 Å². The van der Waals surface area contributed by atoms with Gasteiger partial charge in [-0.3, -0.25) is 9.69 Å². The van der Waals surface area contributed by atoms with Gasteiger partial charge in [0, 0.05) is 38.3 Å². The van der Waals surface area contributed by atoms with Gasteiger partial charge in [0.1, 0.15) is 11.6 Å². The van der Waals surface area contributed by atoms with Gasteiger partial charge in [-0.05, 0) is 48.2 Å². The van der Waals surface area contributed by atoms with Crippen LogP contribution in [0.3, 0.4) is 0 Å². The summed E-state index contributed by atoms with van der Waals surface area (Å²) < 4.78 is 16.0. The zero-order valence-electron chi connectivity index (χ0n) is 19.8. The van der Waals surface area contributed by atoms with Crippen LogP contribution < -0.4 is 0 Å². The average Bonchev–Trinajstić information content (AvgIpc) is 3.40. The highest BCUT2D eigenvalue weighted by Gasteiger charge is 2.21. The summed E-state index contributed by atoms with van der Waals surface area (Å²) in [5.41, 5.74) is 3.67. The van der Waals surface area contributed by atoms with Crippen molar-refractivity contribution in [1.82, 2.24) is 19.4 Å². The van der Waals surface area contributed by atoms with Gasteiger partial charge in [0.25, 0.3) is 5.91 Å². The molecule has 0 fully saturated rings. The molecule has 33 heavy (non-hydrogen) atoms. The molecule has 0 atom stereocenters. The van der Waals surface area contributed by atoms with Crippen LogP contribution in [-0.4, -0.2) is 44.9 Å². The van der Waals surface area contributed by atoms with Crippen LogP contribution in [0.2, 0.25) is 0 Å². The Bertz CT molecular complexity index is 1140. The van der Waals surface area contributed by atoms with Crippen molar-refractivity contribution >= 4 is 16.9 Å². The molecule has 2 aromatic carbocycles. The van der Waals surface area contributed by atoms with Crippen LogP contribution in [0, 0.1) is 11.7 Å². The lowest BCUT2D eigenvalue weighted by atomic mass is 10.1. The van der Waals surface area contributed by atoms with Gasteiger partial charge < -0.3 is 9.47 Å². The summed E-state index contributed by atoms with van der Waals surface area (Å²) >= 11 is 0. The second-order valence-corrected chi connectivity index (χ2v) is 9.26. The highest BCUT2D eigenvalue weighted by molar-refractivity contribution is 5.94. The summed E-state index contributed by atoms with van der Waals surface area (Å²) in [6.07, 6.45) is 5.37. The van der Waals surface area contributed by atoms with Crippen LogP contribution in [0.15, 0.2) is 54.6 Å². The molecule has 0 saturated heterocycles. The minimum Gasteiger partial charge on any atom is -0.331 e. The van der Waals surface area contributed by atoms with E-state index in [2.05, 4.69) is 60.6 Å². The predicted octanol–water partition coefficient (Wildman–Crippen LogP) is 5.26. The van der Waals surface area contributed by atoms with Crippen molar-refractivity contribution in [2.75, 3.05) is 19.6 Å². The first-order valence-corrected chi connectivity index (χ1v) is 11.8. The summed E-state index contributed by atoms with van der Waals surface area (Å²) in [4.78, 5) is 22.4. The van der Waals surface area contributed by atoms with Crippen LogP contribution in [0.1, 0.15) is 48.9 Å². The summed E-state index contributed by atoms with van der Waals surface area (Å²) in [5.74, 6) is 0.592. The summed E-state index contributed by atoms with van der Waals surface area (Å²) in [5, 5.41) is 0. The second-order valence-electron chi connectivity index (χ2n) is 9.26. The van der Waals surface area contributed by atoms with Gasteiger partial charge in [-0.25, -0.2) is 9.37 Å². The van der Waals surface area contributed by atoms with E-state index in [1.165, 1.54) is 17.7 Å². The first-order valence-electron chi connectivity index (χ1n) is 11.8. The van der Waals surface area contributed by atoms with Gasteiger partial charge in [-0.15, -0.1) is 0 Å². The molecule has 1 aliphatic rings. The van der Waals surface area contributed by atoms with Crippen LogP contribution >= 0.6 is 0 Å². The number of fused-ring (bicyclic) bond motifs is 1. The molecule has 0 bridgehead atoms. The van der Waals surface area contributed by atoms with E-state index in [0.717, 1.165) is 49.5 Å². The molecule has 1 aliphatic heterocycles. The van der Waals surface area contributed by atoms with E-state index in [1.54, 1.807) is 17.0 Å². The highest BCUT2D eigenvalue weighted by atomic mass is 19.1. The van der Waals surface area contributed by atoms with Gasteiger partial charge in [0.15, 0.2) is 0 Å². The monoisotopic (exact) mass is 448 g/mol. The van der Waals surface area contributed by atoms with E-state index in [1.807, 2.05) is 0 Å². The van der Waals surface area contributed by atoms with Crippen molar-refractivity contribution in [2.24, 2.45) is 5.92 Å². The fourth-order valence-electron chi connectivity index (χ4n) is 4.46. The number of halogens is 1. The van der Waals surface area contributed by atoms with Gasteiger partial charge in [0.05, 0.1) is 17.6 Å². The zero-order chi connectivity index (χ0) is 23.4. The molecule has 0 N–H and O–H groups in total. The van der Waals surface area contributed by atoms with Crippen LogP contribution in [-0.2, 0) is 19.6 Å². The number of carbonyl (C=O) groups is 1. The Labute approximate surface area is 195 Å². The van der Waals surface area contributed by atoms with Gasteiger partial charge in [-0.1, -0.05) is 45.1 Å². The van der Waals surface area contributed by atoms with Crippen LogP contribution in [0.5, 0.6) is 0 Å². The molecular formula is C27H33FN4O. The standard InChI is InChI=1S/C27H33FN4O/c1-4-12-32-25-11-10-21(18-30-13-5-6-14-30)15-24(25)29-26(32)19-31(17-20(2)3)27(33)22-8-7-9-23(28)16-22/h5-11,15-16,20H,4,12-14,17-19H2,1-3H3. The number of imidazole rings is 1. The molecule has 1 aromatic heterocycles. The third-order valence-corrected chi connectivity index (χ3v) is 5.92. The molecule has 1 amide bonds. The Morgan fingerprint density at radius 3 is 2.64 bits per heavy atom. The van der Waals surface area contributed by atoms with Crippen LogP contribution in [0.4, 0.5) is 4.39 Å². The maximum Gasteiger partial charge on any atom is 0.254 e. The lowest BCUT2D eigenvalue weighted by molar-refractivity contribution is 0.0715. The third-order valence-electron chi connectivity index (χ3n) is 5.92. The van der Waals surface area contributed by atoms with Crippen molar-refractivity contribution in [2.45, 2.75) is 46.8 Å². The van der Waals surface area contributed by atoms with Crippen molar-refractivity contribution in [3.8, 4) is 0 Å². The molecule has 0 spiro atoms. The summed E-state index contributed by atoms with van der Waals surface area (Å²) in [6, 6.07) is 12.4. The molecule has 0 unspecified atom stereocenters. The Balaban J connectivity index is 1.64. The normalized spacial score (nSPS) is 14.0. The number of amides is 1. The summed E-state index contributed by atoms with van der Waals surface area (Å²) in [6.45, 7) is 11.0. The molecule has 6 heteroatoms. The average molecular weight is 449 g/mol. The van der Waals surface area contributed by atoms with E-state index < -0.39 is 5.82 Å². The molecule has 0 aliphatic carbocycles. The third kappa shape index (κ3) is 5.50. The maximum absolute atomic E-state index is 13.8. The quantitative estimate of drug-likeness (QED) is 0.420. The van der Waals surface area contributed by atoms with E-state index >= 15 is 0 Å². The van der Waals surface area contributed by atoms with E-state index in [0.29, 0.717) is 18.7 Å². The number of hydrogen-bond donors (Lipinski definition) is 0. The Morgan fingerprint density at radius 1 is 1.15 bits per heavy atom. The van der Waals surface area contributed by atoms with Crippen molar-refractivity contribution in [3.05, 3.63) is 77.4 Å². The number of hydrogen-bond acceptors (Lipinski definition) is 3. The molecule has 4 rings (SSSR count). The van der Waals surface area contributed by atoms with Gasteiger partial charge in [-0.2, -0.15) is 0 Å². The van der Waals surface area contributed by atoms with Gasteiger partial charge >= 0.3 is 0 Å². The lowest BCUT2D eigenvalue weighted by Crippen LogP contribution is -2.34. The first-order chi connectivity index (χ1) is 15.9. The minimum absolute atomic E-state index is 0.166. The molecular weight excluding hydrogens is 415 g/mol. The number of rotatable bonds is 9. The van der Waals surface area contributed by atoms with Crippen molar-refractivity contribution in [3.63, 3.8) is 0 Å². The Morgan fingerprint density at radius 2 is 1.94 bits per heavy atom. The van der Waals surface area contributed by atoms with Crippen molar-refractivity contribution < 1.29 is 9.18 Å². The smallest absolute Gasteiger partial charge is 0.254 e. The van der Waals surface area contributed by atoms with Crippen molar-refractivity contribution in [1.29, 1.82) is 0 Å². The minimum atomic E-state index is -0.399. The number of aryl methyl sites for hydroxylation is 1. The molecule has 2 heterocycles. The van der Waals surface area contributed by atoms with E-state index in [9.17, 15) is 9.18 Å². The Kier molecular flexibility index (Phi) is 7.23. The maximum atomic E-state index is 13.8. The molecule has 0 radical (unpaired) electrons. The molecule has 174 valence electrons. The highest BCUT2D eigenvalue weighted by Crippen LogP contribution is 2.22. The molecule has 0 saturated carbocycles. The van der Waals surface area contributed by atoms with E-state index in [4.69, 9.17) is 4.98 Å². The van der Waals surface area contributed by atoms with Crippen LogP contribution in [0.25, 0.3) is 11.0 Å². The predicted molar refractivity (Wildman–Crippen MR) is 130 cm³/mol. The largest absolute Gasteiger partial charge is 0.331 e. The topological polar surface area (TPSA) is 41.4 Å². The fourth-order valence-corrected chi connectivity index (χ4v) is 4.46. The number of benzene rings is 2. The molecule has 3 aromatic rings. The Hall–Kier alpha value is -2.99. The number of carbonyl (C=O) groups excluding carboxylic acids is 1. The number of nitrogens with zero attached hydrogens (tertiary/aromatic N) is 4. The van der Waals surface area contributed by atoms with Gasteiger partial charge in [0.2, 0.25) is 0 Å². The summed E-state index contributed by atoms with van der Waals surface area (Å²) in [7, 11) is 0. The second kappa shape index (κ2) is 10.3. The lowest BCUT2D eigenvalue weighted by Gasteiger charge is -2.25. The first kappa shape index (κ1) is 23.2. The number of aromatic nitrogens is 2. The fraction of sp³-hybridized carbons (Fsp3) is 0.407. The zero-order valence-corrected chi connectivity index (χ0v) is 19.8. The SMILES string of the molecule is CCCn1c(CN(CC(C)C)C(=O)c2cccc(F)c2)nc2cc(CN3CC=CC3)ccc21. The molecule has 5 nitrogen and oxygen atoms in total.